The van der Waals surface area contributed by atoms with Gasteiger partial charge < -0.3 is 10.5 Å². The van der Waals surface area contributed by atoms with Gasteiger partial charge in [-0.1, -0.05) is 0 Å². The Labute approximate surface area is 91.8 Å². The minimum atomic E-state index is -0.321. The summed E-state index contributed by atoms with van der Waals surface area (Å²) in [5.41, 5.74) is 6.88. The highest BCUT2D eigenvalue weighted by atomic mass is 32.2. The molecule has 15 heavy (non-hydrogen) atoms. The molecule has 1 rings (SSSR count). The molecule has 0 amide bonds. The molecule has 0 spiro atoms. The number of rotatable bonds is 4. The number of benzene rings is 1. The van der Waals surface area contributed by atoms with Gasteiger partial charge in [0.2, 0.25) is 0 Å². The van der Waals surface area contributed by atoms with Crippen LogP contribution in [-0.4, -0.2) is 18.8 Å². The van der Waals surface area contributed by atoms with Crippen molar-refractivity contribution < 1.29 is 13.9 Å². The Hall–Kier alpha value is -1.23. The van der Waals surface area contributed by atoms with E-state index in [4.69, 9.17) is 5.73 Å². The summed E-state index contributed by atoms with van der Waals surface area (Å²) in [6.45, 7) is 0. The van der Waals surface area contributed by atoms with Crippen molar-refractivity contribution in [3.05, 3.63) is 29.6 Å². The predicted molar refractivity (Wildman–Crippen MR) is 59.0 cm³/mol. The molecule has 0 aromatic heterocycles. The first-order chi connectivity index (χ1) is 7.13. The molecule has 5 heteroatoms. The summed E-state index contributed by atoms with van der Waals surface area (Å²) >= 11 is 1.34. The molecule has 3 nitrogen and oxygen atoms in total. The number of carbonyl (C=O) groups excluding carboxylic acids is 1. The molecule has 0 aliphatic heterocycles. The maximum absolute atomic E-state index is 12.8. The van der Waals surface area contributed by atoms with Gasteiger partial charge in [-0.15, -0.1) is 11.8 Å². The van der Waals surface area contributed by atoms with Crippen molar-refractivity contribution in [3.8, 4) is 0 Å². The van der Waals surface area contributed by atoms with Gasteiger partial charge in [0.1, 0.15) is 5.82 Å². The Morgan fingerprint density at radius 2 is 2.33 bits per heavy atom. The van der Waals surface area contributed by atoms with Crippen molar-refractivity contribution in [2.75, 3.05) is 18.6 Å². The van der Waals surface area contributed by atoms with E-state index in [2.05, 4.69) is 4.74 Å². The Bertz CT molecular complexity index is 357. The lowest BCUT2D eigenvalue weighted by molar-refractivity contribution is -0.137. The van der Waals surface area contributed by atoms with Crippen molar-refractivity contribution >= 4 is 23.4 Å². The molecule has 1 aromatic carbocycles. The number of ether oxygens (including phenoxy) is 1. The zero-order chi connectivity index (χ0) is 11.3. The third-order valence-electron chi connectivity index (χ3n) is 1.81. The fourth-order valence-corrected chi connectivity index (χ4v) is 1.86. The first-order valence-corrected chi connectivity index (χ1v) is 5.47. The first kappa shape index (κ1) is 11.8. The fraction of sp³-hybridized carbons (Fsp3) is 0.300. The molecule has 1 aromatic rings. The molecule has 0 atom stereocenters. The molecule has 0 saturated carbocycles. The van der Waals surface area contributed by atoms with Crippen LogP contribution in [0.1, 0.15) is 5.56 Å². The van der Waals surface area contributed by atoms with E-state index in [-0.39, 0.29) is 17.5 Å². The van der Waals surface area contributed by atoms with Crippen molar-refractivity contribution in [2.45, 2.75) is 5.75 Å². The average Bonchev–Trinajstić information content (AvgIpc) is 2.23. The van der Waals surface area contributed by atoms with E-state index in [1.54, 1.807) is 0 Å². The lowest BCUT2D eigenvalue weighted by Crippen LogP contribution is -2.03. The second kappa shape index (κ2) is 5.60. The standard InChI is InChI=1S/C10H12FNO2S/c1-14-10(13)6-15-5-7-4-8(11)2-3-9(7)12/h2-4H,5-6,12H2,1H3. The zero-order valence-corrected chi connectivity index (χ0v) is 9.14. The van der Waals surface area contributed by atoms with Crippen molar-refractivity contribution in [1.82, 2.24) is 0 Å². The summed E-state index contributed by atoms with van der Waals surface area (Å²) in [6, 6.07) is 4.20. The molecule has 0 saturated heterocycles. The van der Waals surface area contributed by atoms with Gasteiger partial charge in [0.25, 0.3) is 0 Å². The monoisotopic (exact) mass is 229 g/mol. The Balaban J connectivity index is 2.50. The number of anilines is 1. The van der Waals surface area contributed by atoms with Gasteiger partial charge in [0, 0.05) is 11.4 Å². The fourth-order valence-electron chi connectivity index (χ4n) is 1.00. The van der Waals surface area contributed by atoms with Crippen molar-refractivity contribution in [3.63, 3.8) is 0 Å². The predicted octanol–water partition coefficient (Wildman–Crippen LogP) is 1.81. The highest BCUT2D eigenvalue weighted by Gasteiger charge is 2.04. The van der Waals surface area contributed by atoms with Gasteiger partial charge in [-0.05, 0) is 23.8 Å². The van der Waals surface area contributed by atoms with Crippen LogP contribution in [0.5, 0.6) is 0 Å². The largest absolute Gasteiger partial charge is 0.468 e. The number of nitrogens with two attached hydrogens (primary N) is 1. The number of nitrogen functional groups attached to an aromatic ring is 1. The highest BCUT2D eigenvalue weighted by molar-refractivity contribution is 7.99. The van der Waals surface area contributed by atoms with Crippen molar-refractivity contribution in [1.29, 1.82) is 0 Å². The van der Waals surface area contributed by atoms with Crippen LogP contribution >= 0.6 is 11.8 Å². The normalized spacial score (nSPS) is 10.0. The van der Waals surface area contributed by atoms with E-state index in [1.165, 1.54) is 37.1 Å². The van der Waals surface area contributed by atoms with E-state index in [1.807, 2.05) is 0 Å². The molecule has 2 N–H and O–H groups in total. The van der Waals surface area contributed by atoms with Gasteiger partial charge in [0.15, 0.2) is 0 Å². The Morgan fingerprint density at radius 1 is 1.60 bits per heavy atom. The van der Waals surface area contributed by atoms with Crippen LogP contribution in [0.4, 0.5) is 10.1 Å². The molecule has 0 heterocycles. The molecule has 0 unspecified atom stereocenters. The summed E-state index contributed by atoms with van der Waals surface area (Å²) in [6.07, 6.45) is 0. The maximum atomic E-state index is 12.8. The minimum Gasteiger partial charge on any atom is -0.468 e. The van der Waals surface area contributed by atoms with Crippen molar-refractivity contribution in [2.24, 2.45) is 0 Å². The van der Waals surface area contributed by atoms with Crippen LogP contribution in [0.3, 0.4) is 0 Å². The second-order valence-electron chi connectivity index (χ2n) is 2.91. The molecule has 0 aliphatic rings. The summed E-state index contributed by atoms with van der Waals surface area (Å²) in [7, 11) is 1.33. The molecule has 0 fully saturated rings. The third-order valence-corrected chi connectivity index (χ3v) is 2.77. The summed E-state index contributed by atoms with van der Waals surface area (Å²) < 4.78 is 17.3. The van der Waals surface area contributed by atoms with Crippen LogP contribution < -0.4 is 5.73 Å². The average molecular weight is 229 g/mol. The van der Waals surface area contributed by atoms with Crippen LogP contribution in [0.25, 0.3) is 0 Å². The topological polar surface area (TPSA) is 52.3 Å². The molecule has 0 bridgehead atoms. The van der Waals surface area contributed by atoms with Gasteiger partial charge in [-0.3, -0.25) is 4.79 Å². The van der Waals surface area contributed by atoms with Gasteiger partial charge in [0.05, 0.1) is 12.9 Å². The highest BCUT2D eigenvalue weighted by Crippen LogP contribution is 2.19. The number of esters is 1. The molecular formula is C10H12FNO2S. The molecule has 82 valence electrons. The minimum absolute atomic E-state index is 0.243. The van der Waals surface area contributed by atoms with Crippen LogP contribution in [0, 0.1) is 5.82 Å². The third kappa shape index (κ3) is 3.79. The number of carbonyl (C=O) groups is 1. The van der Waals surface area contributed by atoms with E-state index < -0.39 is 0 Å². The van der Waals surface area contributed by atoms with E-state index in [0.29, 0.717) is 17.0 Å². The maximum Gasteiger partial charge on any atom is 0.315 e. The van der Waals surface area contributed by atoms with Gasteiger partial charge in [-0.2, -0.15) is 0 Å². The summed E-state index contributed by atoms with van der Waals surface area (Å²) in [5, 5.41) is 0. The molecule has 0 radical (unpaired) electrons. The molecular weight excluding hydrogens is 217 g/mol. The number of thioether (sulfide) groups is 1. The summed E-state index contributed by atoms with van der Waals surface area (Å²) in [5.74, 6) is 0.123. The molecule has 0 aliphatic carbocycles. The number of halogens is 1. The number of hydrogen-bond donors (Lipinski definition) is 1. The van der Waals surface area contributed by atoms with Crippen LogP contribution in [-0.2, 0) is 15.3 Å². The first-order valence-electron chi connectivity index (χ1n) is 4.32. The van der Waals surface area contributed by atoms with E-state index >= 15 is 0 Å². The van der Waals surface area contributed by atoms with E-state index in [0.717, 1.165) is 0 Å². The van der Waals surface area contributed by atoms with Gasteiger partial charge >= 0.3 is 5.97 Å². The van der Waals surface area contributed by atoms with Crippen LogP contribution in [0.15, 0.2) is 18.2 Å². The number of hydrogen-bond acceptors (Lipinski definition) is 4. The lowest BCUT2D eigenvalue weighted by Gasteiger charge is -2.04. The quantitative estimate of drug-likeness (QED) is 0.632. The van der Waals surface area contributed by atoms with Crippen LogP contribution in [0.2, 0.25) is 0 Å². The second-order valence-corrected chi connectivity index (χ2v) is 3.90. The SMILES string of the molecule is COC(=O)CSCc1cc(F)ccc1N. The number of methoxy groups -OCH3 is 1. The summed E-state index contributed by atoms with van der Waals surface area (Å²) in [4.78, 5) is 10.8. The Kier molecular flexibility index (Phi) is 4.42. The van der Waals surface area contributed by atoms with E-state index in [9.17, 15) is 9.18 Å². The smallest absolute Gasteiger partial charge is 0.315 e. The zero-order valence-electron chi connectivity index (χ0n) is 8.33. The lowest BCUT2D eigenvalue weighted by atomic mass is 10.2. The van der Waals surface area contributed by atoms with Gasteiger partial charge in [-0.25, -0.2) is 4.39 Å². The Morgan fingerprint density at radius 3 is 3.00 bits per heavy atom.